The van der Waals surface area contributed by atoms with Gasteiger partial charge >= 0.3 is 0 Å². The summed E-state index contributed by atoms with van der Waals surface area (Å²) in [6.07, 6.45) is 0.00518. The van der Waals surface area contributed by atoms with Gasteiger partial charge in [-0.25, -0.2) is 0 Å². The highest BCUT2D eigenvalue weighted by Gasteiger charge is 2.21. The predicted molar refractivity (Wildman–Crippen MR) is 95.2 cm³/mol. The Kier molecular flexibility index (Phi) is 5.86. The number of carbonyl (C=O) groups is 1. The Morgan fingerprint density at radius 3 is 2.83 bits per heavy atom. The quantitative estimate of drug-likeness (QED) is 0.906. The molecule has 126 valence electrons. The van der Waals surface area contributed by atoms with Crippen molar-refractivity contribution < 1.29 is 9.53 Å². The molecule has 3 rings (SSSR count). The van der Waals surface area contributed by atoms with Crippen LogP contribution in [0.5, 0.6) is 0 Å². The van der Waals surface area contributed by atoms with Crippen LogP contribution >= 0.6 is 11.6 Å². The third-order valence-corrected chi connectivity index (χ3v) is 4.28. The highest BCUT2D eigenvalue weighted by molar-refractivity contribution is 6.30. The van der Waals surface area contributed by atoms with E-state index in [0.29, 0.717) is 23.7 Å². The Hall–Kier alpha value is -1.88. The Morgan fingerprint density at radius 2 is 2.04 bits per heavy atom. The summed E-state index contributed by atoms with van der Waals surface area (Å²) in [6.45, 7) is 3.81. The molecule has 2 aromatic carbocycles. The van der Waals surface area contributed by atoms with Crippen molar-refractivity contribution in [1.29, 1.82) is 0 Å². The van der Waals surface area contributed by atoms with Crippen molar-refractivity contribution in [2.45, 2.75) is 12.6 Å². The second-order valence-electron chi connectivity index (χ2n) is 5.93. The monoisotopic (exact) mass is 344 g/mol. The first-order chi connectivity index (χ1) is 11.7. The molecule has 4 nitrogen and oxygen atoms in total. The number of benzene rings is 2. The van der Waals surface area contributed by atoms with Crippen LogP contribution in [0, 0.1) is 0 Å². The maximum atomic E-state index is 12.2. The molecule has 1 fully saturated rings. The Balaban J connectivity index is 1.49. The van der Waals surface area contributed by atoms with Gasteiger partial charge in [-0.2, -0.15) is 0 Å². The molecule has 5 heteroatoms. The number of nitrogens with one attached hydrogen (secondary N) is 1. The SMILES string of the molecule is O=C(NCC1CN(Cc2ccccc2)CCO1)c1cccc(Cl)c1. The van der Waals surface area contributed by atoms with Crippen molar-refractivity contribution >= 4 is 17.5 Å². The standard InChI is InChI=1S/C19H21ClN2O2/c20-17-8-4-7-16(11-17)19(23)21-12-18-14-22(9-10-24-18)13-15-5-2-1-3-6-15/h1-8,11,18H,9-10,12-14H2,(H,21,23). The second kappa shape index (κ2) is 8.29. The molecular formula is C19H21ClN2O2. The summed E-state index contributed by atoms with van der Waals surface area (Å²) in [6, 6.07) is 17.3. The van der Waals surface area contributed by atoms with Gasteiger partial charge in [0, 0.05) is 36.8 Å². The van der Waals surface area contributed by atoms with E-state index in [9.17, 15) is 4.79 Å². The summed E-state index contributed by atoms with van der Waals surface area (Å²) in [5, 5.41) is 3.49. The smallest absolute Gasteiger partial charge is 0.251 e. The molecule has 1 atom stereocenters. The van der Waals surface area contributed by atoms with E-state index in [1.807, 2.05) is 6.07 Å². The molecular weight excluding hydrogens is 324 g/mol. The highest BCUT2D eigenvalue weighted by atomic mass is 35.5. The molecule has 0 bridgehead atoms. The number of halogens is 1. The van der Waals surface area contributed by atoms with E-state index in [1.165, 1.54) is 5.56 Å². The topological polar surface area (TPSA) is 41.6 Å². The third kappa shape index (κ3) is 4.81. The van der Waals surface area contributed by atoms with Crippen LogP contribution in [0.15, 0.2) is 54.6 Å². The Labute approximate surface area is 147 Å². The summed E-state index contributed by atoms with van der Waals surface area (Å²) in [5.41, 5.74) is 1.86. The van der Waals surface area contributed by atoms with Gasteiger partial charge in [0.05, 0.1) is 12.7 Å². The first-order valence-corrected chi connectivity index (χ1v) is 8.50. The normalized spacial score (nSPS) is 18.3. The number of amides is 1. The molecule has 1 unspecified atom stereocenters. The van der Waals surface area contributed by atoms with E-state index >= 15 is 0 Å². The minimum Gasteiger partial charge on any atom is -0.374 e. The van der Waals surface area contributed by atoms with Crippen LogP contribution < -0.4 is 5.32 Å². The molecule has 1 saturated heterocycles. The molecule has 1 N–H and O–H groups in total. The van der Waals surface area contributed by atoms with Gasteiger partial charge in [-0.1, -0.05) is 48.0 Å². The molecule has 2 aromatic rings. The molecule has 1 amide bonds. The van der Waals surface area contributed by atoms with Crippen LogP contribution in [-0.2, 0) is 11.3 Å². The van der Waals surface area contributed by atoms with Crippen LogP contribution in [0.2, 0.25) is 5.02 Å². The van der Waals surface area contributed by atoms with Gasteiger partial charge in [-0.15, -0.1) is 0 Å². The molecule has 1 aliphatic heterocycles. The minimum atomic E-state index is -0.124. The maximum absolute atomic E-state index is 12.2. The largest absolute Gasteiger partial charge is 0.374 e. The van der Waals surface area contributed by atoms with Crippen molar-refractivity contribution in [1.82, 2.24) is 10.2 Å². The molecule has 24 heavy (non-hydrogen) atoms. The predicted octanol–water partition coefficient (Wildman–Crippen LogP) is 2.97. The van der Waals surface area contributed by atoms with E-state index in [1.54, 1.807) is 24.3 Å². The third-order valence-electron chi connectivity index (χ3n) is 4.05. The van der Waals surface area contributed by atoms with Crippen LogP contribution in [0.3, 0.4) is 0 Å². The lowest BCUT2D eigenvalue weighted by atomic mass is 10.2. The van der Waals surface area contributed by atoms with E-state index < -0.39 is 0 Å². The van der Waals surface area contributed by atoms with Crippen molar-refractivity contribution in [3.63, 3.8) is 0 Å². The van der Waals surface area contributed by atoms with Crippen molar-refractivity contribution in [2.24, 2.45) is 0 Å². The van der Waals surface area contributed by atoms with Crippen LogP contribution in [0.1, 0.15) is 15.9 Å². The summed E-state index contributed by atoms with van der Waals surface area (Å²) >= 11 is 5.92. The molecule has 0 spiro atoms. The molecule has 0 radical (unpaired) electrons. The van der Waals surface area contributed by atoms with Gasteiger partial charge in [0.1, 0.15) is 0 Å². The number of ether oxygens (including phenoxy) is 1. The molecule has 0 aliphatic carbocycles. The lowest BCUT2D eigenvalue weighted by Crippen LogP contribution is -2.47. The van der Waals surface area contributed by atoms with Crippen LogP contribution in [-0.4, -0.2) is 43.2 Å². The van der Waals surface area contributed by atoms with E-state index in [-0.39, 0.29) is 12.0 Å². The fourth-order valence-electron chi connectivity index (χ4n) is 2.83. The first kappa shape index (κ1) is 17.0. The number of hydrogen-bond donors (Lipinski definition) is 1. The van der Waals surface area contributed by atoms with Gasteiger partial charge in [0.25, 0.3) is 5.91 Å². The molecule has 0 aromatic heterocycles. The van der Waals surface area contributed by atoms with E-state index in [4.69, 9.17) is 16.3 Å². The van der Waals surface area contributed by atoms with Crippen molar-refractivity contribution in [2.75, 3.05) is 26.2 Å². The van der Waals surface area contributed by atoms with Crippen molar-refractivity contribution in [3.8, 4) is 0 Å². The van der Waals surface area contributed by atoms with Crippen LogP contribution in [0.25, 0.3) is 0 Å². The van der Waals surface area contributed by atoms with E-state index in [2.05, 4.69) is 34.5 Å². The van der Waals surface area contributed by atoms with E-state index in [0.717, 1.165) is 19.6 Å². The Morgan fingerprint density at radius 1 is 1.21 bits per heavy atom. The average Bonchev–Trinajstić information content (AvgIpc) is 2.61. The zero-order valence-corrected chi connectivity index (χ0v) is 14.2. The average molecular weight is 345 g/mol. The fraction of sp³-hybridized carbons (Fsp3) is 0.316. The van der Waals surface area contributed by atoms with Gasteiger partial charge in [-0.05, 0) is 23.8 Å². The lowest BCUT2D eigenvalue weighted by Gasteiger charge is -2.33. The Bertz CT molecular complexity index is 678. The lowest BCUT2D eigenvalue weighted by molar-refractivity contribution is -0.0292. The zero-order chi connectivity index (χ0) is 16.8. The molecule has 1 aliphatic rings. The molecule has 0 saturated carbocycles. The zero-order valence-electron chi connectivity index (χ0n) is 13.5. The van der Waals surface area contributed by atoms with Crippen molar-refractivity contribution in [3.05, 3.63) is 70.7 Å². The number of morpholine rings is 1. The van der Waals surface area contributed by atoms with Gasteiger partial charge < -0.3 is 10.1 Å². The number of carbonyl (C=O) groups excluding carboxylic acids is 1. The highest BCUT2D eigenvalue weighted by Crippen LogP contribution is 2.12. The first-order valence-electron chi connectivity index (χ1n) is 8.12. The second-order valence-corrected chi connectivity index (χ2v) is 6.37. The van der Waals surface area contributed by atoms with Gasteiger partial charge in [-0.3, -0.25) is 9.69 Å². The summed E-state index contributed by atoms with van der Waals surface area (Å²) in [7, 11) is 0. The van der Waals surface area contributed by atoms with Crippen LogP contribution in [0.4, 0.5) is 0 Å². The summed E-state index contributed by atoms with van der Waals surface area (Å²) < 4.78 is 5.77. The van der Waals surface area contributed by atoms with Gasteiger partial charge in [0.15, 0.2) is 0 Å². The summed E-state index contributed by atoms with van der Waals surface area (Å²) in [4.78, 5) is 14.5. The van der Waals surface area contributed by atoms with Gasteiger partial charge in [0.2, 0.25) is 0 Å². The number of nitrogens with zero attached hydrogens (tertiary/aromatic N) is 1. The number of rotatable bonds is 5. The summed E-state index contributed by atoms with van der Waals surface area (Å²) in [5.74, 6) is -0.124. The number of hydrogen-bond acceptors (Lipinski definition) is 3. The fourth-order valence-corrected chi connectivity index (χ4v) is 3.02. The molecule has 1 heterocycles. The minimum absolute atomic E-state index is 0.00518. The maximum Gasteiger partial charge on any atom is 0.251 e.